The normalized spacial score (nSPS) is 24.0. The molecule has 41 heavy (non-hydrogen) atoms. The summed E-state index contributed by atoms with van der Waals surface area (Å²) in [6.45, 7) is 3.27. The Bertz CT molecular complexity index is 1370. The minimum absolute atomic E-state index is 0.0533. The lowest BCUT2D eigenvalue weighted by Gasteiger charge is -2.35. The van der Waals surface area contributed by atoms with Crippen molar-refractivity contribution in [2.45, 2.75) is 75.5 Å². The van der Waals surface area contributed by atoms with E-state index in [1.54, 1.807) is 4.90 Å². The van der Waals surface area contributed by atoms with Gasteiger partial charge in [-0.1, -0.05) is 24.2 Å². The highest BCUT2D eigenvalue weighted by atomic mass is 19.4. The van der Waals surface area contributed by atoms with Crippen LogP contribution in [0.5, 0.6) is 0 Å². The highest BCUT2D eigenvalue weighted by Gasteiger charge is 2.50. The molecule has 3 aromatic rings. The van der Waals surface area contributed by atoms with Crippen LogP contribution in [-0.4, -0.2) is 39.6 Å². The van der Waals surface area contributed by atoms with Crippen molar-refractivity contribution in [3.8, 4) is 0 Å². The van der Waals surface area contributed by atoms with Gasteiger partial charge in [0.25, 0.3) is 0 Å². The molecule has 220 valence electrons. The zero-order valence-corrected chi connectivity index (χ0v) is 22.0. The van der Waals surface area contributed by atoms with E-state index in [0.29, 0.717) is 42.3 Å². The van der Waals surface area contributed by atoms with Crippen LogP contribution in [0, 0.1) is 5.82 Å². The molecule has 0 aliphatic carbocycles. The Kier molecular flexibility index (Phi) is 7.60. The fraction of sp³-hybridized carbons (Fsp3) is 0.464. The van der Waals surface area contributed by atoms with Crippen molar-refractivity contribution in [3.05, 3.63) is 82.3 Å². The number of hydrogen-bond donors (Lipinski definition) is 0. The topological polar surface area (TPSA) is 68.5 Å². The first-order chi connectivity index (χ1) is 19.2. The van der Waals surface area contributed by atoms with Crippen LogP contribution in [0.25, 0.3) is 0 Å². The number of aromatic nitrogens is 2. The molecule has 2 aliphatic rings. The number of piperidine rings is 1. The number of carbonyl (C=O) groups excluding carboxylic acids is 1. The smallest absolute Gasteiger partial charge is 0.368 e. The first kappa shape index (κ1) is 29.0. The number of benzene rings is 2. The minimum Gasteiger partial charge on any atom is -0.368 e. The number of hydrogen-bond acceptors (Lipinski definition) is 5. The molecule has 5 atom stereocenters. The van der Waals surface area contributed by atoms with E-state index in [1.807, 2.05) is 6.92 Å². The third kappa shape index (κ3) is 5.95. The third-order valence-corrected chi connectivity index (χ3v) is 7.72. The summed E-state index contributed by atoms with van der Waals surface area (Å²) in [6.07, 6.45) is -11.0. The maximum Gasteiger partial charge on any atom is 0.416 e. The van der Waals surface area contributed by atoms with Crippen molar-refractivity contribution in [1.29, 1.82) is 0 Å². The van der Waals surface area contributed by atoms with Gasteiger partial charge in [-0.2, -0.15) is 31.3 Å². The highest BCUT2D eigenvalue weighted by molar-refractivity contribution is 5.79. The van der Waals surface area contributed by atoms with Gasteiger partial charge in [0.05, 0.1) is 23.3 Å². The second kappa shape index (κ2) is 10.7. The summed E-state index contributed by atoms with van der Waals surface area (Å²) in [5, 5.41) is 3.91. The van der Waals surface area contributed by atoms with Crippen LogP contribution < -0.4 is 0 Å². The fourth-order valence-corrected chi connectivity index (χ4v) is 5.72. The van der Waals surface area contributed by atoms with Gasteiger partial charge in [0.2, 0.25) is 11.8 Å². The number of rotatable bonds is 6. The molecule has 2 fully saturated rings. The number of halogens is 7. The van der Waals surface area contributed by atoms with Gasteiger partial charge in [-0.05, 0) is 54.8 Å². The lowest BCUT2D eigenvalue weighted by atomic mass is 9.81. The average Bonchev–Trinajstić information content (AvgIpc) is 3.53. The van der Waals surface area contributed by atoms with E-state index in [0.717, 1.165) is 0 Å². The Labute approximate surface area is 230 Å². The van der Waals surface area contributed by atoms with Gasteiger partial charge < -0.3 is 14.2 Å². The van der Waals surface area contributed by atoms with Crippen LogP contribution in [0.4, 0.5) is 30.7 Å². The molecule has 5 rings (SSSR count). The van der Waals surface area contributed by atoms with Crippen LogP contribution in [0.15, 0.2) is 47.0 Å². The monoisotopic (exact) mass is 585 g/mol. The van der Waals surface area contributed by atoms with Crippen LogP contribution in [0.3, 0.4) is 0 Å². The molecule has 0 N–H and O–H groups in total. The van der Waals surface area contributed by atoms with E-state index in [-0.39, 0.29) is 30.5 Å². The second-order valence-corrected chi connectivity index (χ2v) is 10.4. The number of amides is 1. The Morgan fingerprint density at radius 3 is 2.24 bits per heavy atom. The summed E-state index contributed by atoms with van der Waals surface area (Å²) < 4.78 is 106. The van der Waals surface area contributed by atoms with Crippen molar-refractivity contribution < 1.29 is 44.8 Å². The summed E-state index contributed by atoms with van der Waals surface area (Å²) in [4.78, 5) is 19.2. The van der Waals surface area contributed by atoms with E-state index in [1.165, 1.54) is 31.2 Å². The first-order valence-electron chi connectivity index (χ1n) is 13.1. The van der Waals surface area contributed by atoms with E-state index < -0.39 is 59.4 Å². The van der Waals surface area contributed by atoms with Crippen molar-refractivity contribution in [1.82, 2.24) is 15.0 Å². The predicted octanol–water partition coefficient (Wildman–Crippen LogP) is 6.83. The van der Waals surface area contributed by atoms with Crippen molar-refractivity contribution in [3.63, 3.8) is 0 Å². The molecule has 2 aromatic carbocycles. The van der Waals surface area contributed by atoms with Crippen LogP contribution in [-0.2, 0) is 28.3 Å². The largest absolute Gasteiger partial charge is 0.416 e. The Morgan fingerprint density at radius 1 is 1.05 bits per heavy atom. The molecular weight excluding hydrogens is 559 g/mol. The summed E-state index contributed by atoms with van der Waals surface area (Å²) in [5.74, 6) is -0.861. The molecule has 0 saturated carbocycles. The molecule has 2 aliphatic heterocycles. The number of nitrogens with zero attached hydrogens (tertiary/aromatic N) is 3. The van der Waals surface area contributed by atoms with Crippen LogP contribution in [0.2, 0.25) is 0 Å². The summed E-state index contributed by atoms with van der Waals surface area (Å²) >= 11 is 0. The number of alkyl halides is 6. The van der Waals surface area contributed by atoms with Crippen LogP contribution >= 0.6 is 0 Å². The van der Waals surface area contributed by atoms with Crippen molar-refractivity contribution in [2.75, 3.05) is 6.54 Å². The van der Waals surface area contributed by atoms with Gasteiger partial charge in [0, 0.05) is 37.3 Å². The summed E-state index contributed by atoms with van der Waals surface area (Å²) in [7, 11) is 0. The Hall–Kier alpha value is -3.48. The molecule has 0 radical (unpaired) electrons. The summed E-state index contributed by atoms with van der Waals surface area (Å²) in [6, 6.07) is 6.43. The molecule has 2 saturated heterocycles. The molecule has 1 amide bonds. The van der Waals surface area contributed by atoms with Gasteiger partial charge in [-0.15, -0.1) is 0 Å². The number of ether oxygens (including phenoxy) is 1. The molecule has 6 nitrogen and oxygen atoms in total. The lowest BCUT2D eigenvalue weighted by Crippen LogP contribution is -2.43. The van der Waals surface area contributed by atoms with Gasteiger partial charge in [-0.3, -0.25) is 4.79 Å². The number of fused-ring (bicyclic) bond motifs is 1. The first-order valence-corrected chi connectivity index (χ1v) is 13.1. The predicted molar refractivity (Wildman–Crippen MR) is 130 cm³/mol. The lowest BCUT2D eigenvalue weighted by molar-refractivity contribution is -0.143. The molecule has 13 heteroatoms. The second-order valence-electron chi connectivity index (χ2n) is 10.4. The SMILES string of the molecule is CCc1noc(C2CC(=O)N3C[C@H](O[C@H](C)c4cc(C(F)(F)F)cc(C(F)(F)F)c4)[C@@H](c4ccc(F)cc4)C3C2)n1. The van der Waals surface area contributed by atoms with Gasteiger partial charge in [-0.25, -0.2) is 4.39 Å². The van der Waals surface area contributed by atoms with Crippen molar-refractivity contribution in [2.24, 2.45) is 0 Å². The van der Waals surface area contributed by atoms with Crippen LogP contribution in [0.1, 0.15) is 78.6 Å². The third-order valence-electron chi connectivity index (χ3n) is 7.72. The minimum atomic E-state index is -5.01. The van der Waals surface area contributed by atoms with Gasteiger partial charge >= 0.3 is 12.4 Å². The number of carbonyl (C=O) groups is 1. The molecule has 0 bridgehead atoms. The summed E-state index contributed by atoms with van der Waals surface area (Å²) in [5.41, 5.74) is -2.58. The van der Waals surface area contributed by atoms with E-state index in [4.69, 9.17) is 9.26 Å². The van der Waals surface area contributed by atoms with E-state index in [2.05, 4.69) is 10.1 Å². The molecule has 1 aromatic heterocycles. The molecule has 2 unspecified atom stereocenters. The maximum absolute atomic E-state index is 13.8. The highest BCUT2D eigenvalue weighted by Crippen LogP contribution is 2.46. The maximum atomic E-state index is 13.8. The van der Waals surface area contributed by atoms with E-state index in [9.17, 15) is 35.5 Å². The quantitative estimate of drug-likeness (QED) is 0.297. The standard InChI is InChI=1S/C28H26F7N3O3/c1-3-23-36-26(41-37-23)17-10-21-25(15-4-6-20(29)7-5-15)22(13-38(21)24(39)11-17)40-14(2)16-8-18(27(30,31)32)12-19(9-16)28(33,34)35/h4-9,12,14,17,21-22,25H,3,10-11,13H2,1-2H3/t14-,17?,21?,22+,25+/m1/s1. The van der Waals surface area contributed by atoms with E-state index >= 15 is 0 Å². The fourth-order valence-electron chi connectivity index (χ4n) is 5.72. The molecule has 0 spiro atoms. The van der Waals surface area contributed by atoms with Crippen molar-refractivity contribution >= 4 is 5.91 Å². The van der Waals surface area contributed by atoms with Gasteiger partial charge in [0.15, 0.2) is 5.82 Å². The zero-order chi connectivity index (χ0) is 29.7. The Morgan fingerprint density at radius 2 is 1.68 bits per heavy atom. The molecular formula is C28H26F7N3O3. The van der Waals surface area contributed by atoms with Gasteiger partial charge in [0.1, 0.15) is 5.82 Å². The average molecular weight is 586 g/mol. The zero-order valence-electron chi connectivity index (χ0n) is 22.0. The number of aryl methyl sites for hydroxylation is 1. The Balaban J connectivity index is 1.48. The molecule has 3 heterocycles.